The molecule has 8 nitrogen and oxygen atoms in total. The topological polar surface area (TPSA) is 94.8 Å². The average molecular weight is 428 g/mol. The van der Waals surface area contributed by atoms with E-state index in [2.05, 4.69) is 20.3 Å². The van der Waals surface area contributed by atoms with Crippen LogP contribution in [0.4, 0.5) is 0 Å². The van der Waals surface area contributed by atoms with Crippen LogP contribution >= 0.6 is 0 Å². The molecule has 0 aliphatic carbocycles. The van der Waals surface area contributed by atoms with Crippen LogP contribution in [0.25, 0.3) is 22.5 Å². The van der Waals surface area contributed by atoms with Crippen LogP contribution in [-0.4, -0.2) is 44.3 Å². The SMILES string of the molecule is COc1cccc(-c2cc(-c3cccnc3)nn2CCNC(=O)c2cnc(C)nc2C)c1. The maximum atomic E-state index is 12.6. The molecule has 4 rings (SSSR count). The van der Waals surface area contributed by atoms with Crippen LogP contribution in [0.1, 0.15) is 21.9 Å². The van der Waals surface area contributed by atoms with Crippen LogP contribution in [0.15, 0.2) is 61.1 Å². The molecular weight excluding hydrogens is 404 g/mol. The molecule has 0 fully saturated rings. The Morgan fingerprint density at radius 2 is 1.94 bits per heavy atom. The molecule has 8 heteroatoms. The second kappa shape index (κ2) is 9.38. The third-order valence-electron chi connectivity index (χ3n) is 5.06. The Hall–Kier alpha value is -4.07. The Bertz CT molecular complexity index is 1240. The number of amides is 1. The number of benzene rings is 1. The molecule has 0 atom stereocenters. The van der Waals surface area contributed by atoms with Gasteiger partial charge < -0.3 is 10.1 Å². The van der Waals surface area contributed by atoms with Crippen LogP contribution in [0.2, 0.25) is 0 Å². The number of aromatic nitrogens is 5. The number of carbonyl (C=O) groups is 1. The largest absolute Gasteiger partial charge is 0.497 e. The van der Waals surface area contributed by atoms with E-state index in [0.29, 0.717) is 30.2 Å². The zero-order valence-corrected chi connectivity index (χ0v) is 18.2. The highest BCUT2D eigenvalue weighted by atomic mass is 16.5. The Kier molecular flexibility index (Phi) is 6.21. The van der Waals surface area contributed by atoms with Gasteiger partial charge in [-0.3, -0.25) is 14.5 Å². The smallest absolute Gasteiger partial charge is 0.254 e. The molecular formula is C24H24N6O2. The minimum Gasteiger partial charge on any atom is -0.497 e. The highest BCUT2D eigenvalue weighted by molar-refractivity contribution is 5.94. The lowest BCUT2D eigenvalue weighted by molar-refractivity contribution is 0.0950. The van der Waals surface area contributed by atoms with Gasteiger partial charge in [0.2, 0.25) is 0 Å². The first-order valence-corrected chi connectivity index (χ1v) is 10.3. The van der Waals surface area contributed by atoms with Gasteiger partial charge in [-0.15, -0.1) is 0 Å². The molecule has 3 heterocycles. The van der Waals surface area contributed by atoms with Gasteiger partial charge in [0.15, 0.2) is 0 Å². The standard InChI is InChI=1S/C24H24N6O2/c1-16-21(15-27-17(2)28-16)24(31)26-10-11-30-23(18-6-4-8-20(12-18)32-3)13-22(29-30)19-7-5-9-25-14-19/h4-9,12-15H,10-11H2,1-3H3,(H,26,31). The highest BCUT2D eigenvalue weighted by Crippen LogP contribution is 2.28. The molecule has 162 valence electrons. The molecule has 1 amide bonds. The zero-order valence-electron chi connectivity index (χ0n) is 18.2. The van der Waals surface area contributed by atoms with Gasteiger partial charge in [-0.2, -0.15) is 5.10 Å². The normalized spacial score (nSPS) is 10.7. The van der Waals surface area contributed by atoms with Gasteiger partial charge in [0, 0.05) is 36.3 Å². The van der Waals surface area contributed by atoms with E-state index in [1.807, 2.05) is 47.1 Å². The molecule has 4 aromatic rings. The van der Waals surface area contributed by atoms with E-state index >= 15 is 0 Å². The minimum absolute atomic E-state index is 0.204. The van der Waals surface area contributed by atoms with E-state index in [0.717, 1.165) is 28.3 Å². The molecule has 0 aliphatic rings. The van der Waals surface area contributed by atoms with Gasteiger partial charge >= 0.3 is 0 Å². The van der Waals surface area contributed by atoms with Gasteiger partial charge in [0.25, 0.3) is 5.91 Å². The molecule has 0 bridgehead atoms. The van der Waals surface area contributed by atoms with Crippen LogP contribution < -0.4 is 10.1 Å². The molecule has 3 aromatic heterocycles. The summed E-state index contributed by atoms with van der Waals surface area (Å²) in [6, 6.07) is 13.7. The number of ether oxygens (including phenoxy) is 1. The molecule has 1 N–H and O–H groups in total. The van der Waals surface area contributed by atoms with Crippen molar-refractivity contribution in [2.24, 2.45) is 0 Å². The maximum Gasteiger partial charge on any atom is 0.254 e. The van der Waals surface area contributed by atoms with Crippen LogP contribution in [-0.2, 0) is 6.54 Å². The number of hydrogen-bond donors (Lipinski definition) is 1. The molecule has 0 saturated heterocycles. The van der Waals surface area contributed by atoms with Crippen molar-refractivity contribution in [3.8, 4) is 28.3 Å². The van der Waals surface area contributed by atoms with E-state index in [1.165, 1.54) is 0 Å². The second-order valence-corrected chi connectivity index (χ2v) is 7.28. The van der Waals surface area contributed by atoms with Crippen LogP contribution in [0.5, 0.6) is 5.75 Å². The van der Waals surface area contributed by atoms with E-state index < -0.39 is 0 Å². The van der Waals surface area contributed by atoms with Gasteiger partial charge in [-0.1, -0.05) is 12.1 Å². The summed E-state index contributed by atoms with van der Waals surface area (Å²) < 4.78 is 7.27. The van der Waals surface area contributed by atoms with E-state index in [4.69, 9.17) is 9.84 Å². The summed E-state index contributed by atoms with van der Waals surface area (Å²) in [6.07, 6.45) is 5.07. The summed E-state index contributed by atoms with van der Waals surface area (Å²) >= 11 is 0. The van der Waals surface area contributed by atoms with E-state index in [9.17, 15) is 4.79 Å². The van der Waals surface area contributed by atoms with E-state index in [1.54, 1.807) is 39.5 Å². The van der Waals surface area contributed by atoms with Crippen molar-refractivity contribution in [2.45, 2.75) is 20.4 Å². The summed E-state index contributed by atoms with van der Waals surface area (Å²) in [7, 11) is 1.64. The average Bonchev–Trinajstić information content (AvgIpc) is 3.24. The number of hydrogen-bond acceptors (Lipinski definition) is 6. The number of pyridine rings is 1. The predicted octanol–water partition coefficient (Wildman–Crippen LogP) is 3.46. The molecule has 0 saturated carbocycles. The summed E-state index contributed by atoms with van der Waals surface area (Å²) in [4.78, 5) is 25.2. The van der Waals surface area contributed by atoms with Crippen molar-refractivity contribution in [2.75, 3.05) is 13.7 Å². The van der Waals surface area contributed by atoms with Crippen molar-refractivity contribution < 1.29 is 9.53 Å². The Morgan fingerprint density at radius 1 is 1.09 bits per heavy atom. The fourth-order valence-electron chi connectivity index (χ4n) is 3.43. The molecule has 1 aromatic carbocycles. The van der Waals surface area contributed by atoms with Crippen molar-refractivity contribution in [3.05, 3.63) is 78.1 Å². The lowest BCUT2D eigenvalue weighted by Gasteiger charge is -2.10. The van der Waals surface area contributed by atoms with Gasteiger partial charge in [-0.05, 0) is 44.2 Å². The summed E-state index contributed by atoms with van der Waals surface area (Å²) in [5.41, 5.74) is 4.76. The van der Waals surface area contributed by atoms with Gasteiger partial charge in [-0.25, -0.2) is 9.97 Å². The molecule has 0 aliphatic heterocycles. The lowest BCUT2D eigenvalue weighted by Crippen LogP contribution is -2.28. The molecule has 0 unspecified atom stereocenters. The van der Waals surface area contributed by atoms with Gasteiger partial charge in [0.05, 0.1) is 36.3 Å². The molecule has 0 radical (unpaired) electrons. The van der Waals surface area contributed by atoms with Gasteiger partial charge in [0.1, 0.15) is 11.6 Å². The van der Waals surface area contributed by atoms with Crippen molar-refractivity contribution in [1.82, 2.24) is 30.0 Å². The number of nitrogens with one attached hydrogen (secondary N) is 1. The summed E-state index contributed by atoms with van der Waals surface area (Å²) in [5, 5.41) is 7.71. The Morgan fingerprint density at radius 3 is 2.69 bits per heavy atom. The fourth-order valence-corrected chi connectivity index (χ4v) is 3.43. The van der Waals surface area contributed by atoms with Crippen molar-refractivity contribution >= 4 is 5.91 Å². The Labute approximate surface area is 186 Å². The first kappa shape index (κ1) is 21.2. The summed E-state index contributed by atoms with van der Waals surface area (Å²) in [5.74, 6) is 1.20. The summed E-state index contributed by atoms with van der Waals surface area (Å²) in [6.45, 7) is 4.49. The van der Waals surface area contributed by atoms with Crippen molar-refractivity contribution in [3.63, 3.8) is 0 Å². The molecule has 0 spiro atoms. The van der Waals surface area contributed by atoms with Crippen LogP contribution in [0.3, 0.4) is 0 Å². The lowest BCUT2D eigenvalue weighted by atomic mass is 10.1. The first-order chi connectivity index (χ1) is 15.5. The number of methoxy groups -OCH3 is 1. The number of nitrogens with zero attached hydrogens (tertiary/aromatic N) is 5. The van der Waals surface area contributed by atoms with Crippen molar-refractivity contribution in [1.29, 1.82) is 0 Å². The molecule has 32 heavy (non-hydrogen) atoms. The zero-order chi connectivity index (χ0) is 22.5. The number of rotatable bonds is 7. The minimum atomic E-state index is -0.204. The fraction of sp³-hybridized carbons (Fsp3) is 0.208. The maximum absolute atomic E-state index is 12.6. The highest BCUT2D eigenvalue weighted by Gasteiger charge is 2.14. The quantitative estimate of drug-likeness (QED) is 0.484. The van der Waals surface area contributed by atoms with E-state index in [-0.39, 0.29) is 5.91 Å². The first-order valence-electron chi connectivity index (χ1n) is 10.3. The number of aryl methyl sites for hydroxylation is 2. The Balaban J connectivity index is 1.57. The third kappa shape index (κ3) is 4.64. The third-order valence-corrected chi connectivity index (χ3v) is 5.06. The van der Waals surface area contributed by atoms with Crippen LogP contribution in [0, 0.1) is 13.8 Å². The number of carbonyl (C=O) groups excluding carboxylic acids is 1. The second-order valence-electron chi connectivity index (χ2n) is 7.28. The predicted molar refractivity (Wildman–Crippen MR) is 121 cm³/mol. The monoisotopic (exact) mass is 428 g/mol.